The molecule has 1 aromatic rings. The molecule has 0 radical (unpaired) electrons. The predicted molar refractivity (Wildman–Crippen MR) is 80.3 cm³/mol. The van der Waals surface area contributed by atoms with Gasteiger partial charge < -0.3 is 9.31 Å². The first-order valence-electron chi connectivity index (χ1n) is 7.21. The molecule has 0 amide bonds. The summed E-state index contributed by atoms with van der Waals surface area (Å²) < 4.78 is 12.2. The second kappa shape index (κ2) is 5.30. The molecule has 0 spiro atoms. The largest absolute Gasteiger partial charge is 0.460 e. The number of hydrogen-bond acceptors (Lipinski definition) is 2. The van der Waals surface area contributed by atoms with Crippen molar-refractivity contribution in [3.63, 3.8) is 0 Å². The zero-order chi connectivity index (χ0) is 14.1. The summed E-state index contributed by atoms with van der Waals surface area (Å²) in [6.07, 6.45) is 2.16. The topological polar surface area (TPSA) is 18.5 Å². The normalized spacial score (nSPS) is 22.5. The van der Waals surface area contributed by atoms with Gasteiger partial charge in [-0.25, -0.2) is 0 Å². The van der Waals surface area contributed by atoms with Crippen molar-refractivity contribution in [3.8, 4) is 0 Å². The summed E-state index contributed by atoms with van der Waals surface area (Å²) in [5, 5.41) is 0. The van der Waals surface area contributed by atoms with E-state index in [1.165, 1.54) is 5.56 Å². The van der Waals surface area contributed by atoms with Crippen LogP contribution >= 0.6 is 0 Å². The molecule has 0 saturated carbocycles. The van der Waals surface area contributed by atoms with Crippen LogP contribution in [-0.4, -0.2) is 18.3 Å². The highest BCUT2D eigenvalue weighted by Gasteiger charge is 2.52. The Morgan fingerprint density at radius 1 is 1.00 bits per heavy atom. The minimum atomic E-state index is -0.224. The van der Waals surface area contributed by atoms with Crippen molar-refractivity contribution in [2.75, 3.05) is 0 Å². The van der Waals surface area contributed by atoms with E-state index in [1.54, 1.807) is 0 Å². The van der Waals surface area contributed by atoms with Gasteiger partial charge in [0.05, 0.1) is 11.2 Å². The van der Waals surface area contributed by atoms with Gasteiger partial charge in [0, 0.05) is 0 Å². The molecule has 2 nitrogen and oxygen atoms in total. The Hall–Kier alpha value is -0.795. The maximum atomic E-state index is 6.09. The Morgan fingerprint density at radius 3 is 2.05 bits per heavy atom. The molecule has 0 bridgehead atoms. The van der Waals surface area contributed by atoms with Crippen LogP contribution in [0.5, 0.6) is 0 Å². The molecule has 1 heterocycles. The third-order valence-electron chi connectivity index (χ3n) is 4.47. The second-order valence-electron chi connectivity index (χ2n) is 6.63. The van der Waals surface area contributed by atoms with E-state index in [0.29, 0.717) is 5.82 Å². The molecule has 0 aliphatic carbocycles. The molecule has 1 atom stereocenters. The summed E-state index contributed by atoms with van der Waals surface area (Å²) in [5.41, 5.74) is 0.933. The summed E-state index contributed by atoms with van der Waals surface area (Å²) in [6, 6.07) is 10.6. The van der Waals surface area contributed by atoms with Gasteiger partial charge >= 0.3 is 7.12 Å². The molecule has 1 fully saturated rings. The van der Waals surface area contributed by atoms with E-state index in [1.807, 2.05) is 0 Å². The van der Waals surface area contributed by atoms with Crippen LogP contribution in [0.4, 0.5) is 0 Å². The van der Waals surface area contributed by atoms with E-state index >= 15 is 0 Å². The van der Waals surface area contributed by atoms with E-state index in [9.17, 15) is 0 Å². The Morgan fingerprint density at radius 2 is 1.53 bits per heavy atom. The first kappa shape index (κ1) is 14.6. The van der Waals surface area contributed by atoms with E-state index in [4.69, 9.17) is 9.31 Å². The molecule has 1 aliphatic heterocycles. The molecule has 104 valence electrons. The minimum absolute atomic E-state index is 0.0892. The van der Waals surface area contributed by atoms with Crippen molar-refractivity contribution < 1.29 is 9.31 Å². The fourth-order valence-electron chi connectivity index (χ4n) is 2.30. The highest BCUT2D eigenvalue weighted by atomic mass is 16.7. The van der Waals surface area contributed by atoms with Crippen LogP contribution in [0.25, 0.3) is 0 Å². The first-order chi connectivity index (χ1) is 8.82. The molecule has 3 heteroatoms. The second-order valence-corrected chi connectivity index (χ2v) is 6.63. The highest BCUT2D eigenvalue weighted by Crippen LogP contribution is 2.40. The quantitative estimate of drug-likeness (QED) is 0.759. The van der Waals surface area contributed by atoms with Gasteiger partial charge in [0.2, 0.25) is 0 Å². The van der Waals surface area contributed by atoms with Crippen molar-refractivity contribution in [1.82, 2.24) is 0 Å². The average molecular weight is 260 g/mol. The van der Waals surface area contributed by atoms with Crippen molar-refractivity contribution in [2.45, 2.75) is 64.5 Å². The van der Waals surface area contributed by atoms with Crippen molar-refractivity contribution in [1.29, 1.82) is 0 Å². The third-order valence-corrected chi connectivity index (χ3v) is 4.47. The van der Waals surface area contributed by atoms with Gasteiger partial charge in [-0.15, -0.1) is 0 Å². The SMILES string of the molecule is C[C@H](CCc1ccccc1)B1OC(C)(C)C(C)(C)O1. The highest BCUT2D eigenvalue weighted by molar-refractivity contribution is 6.47. The molecule has 0 aromatic heterocycles. The summed E-state index contributed by atoms with van der Waals surface area (Å²) in [4.78, 5) is 0. The smallest absolute Gasteiger partial charge is 0.403 e. The Labute approximate surface area is 117 Å². The Kier molecular flexibility index (Phi) is 4.07. The van der Waals surface area contributed by atoms with Crippen LogP contribution in [0.3, 0.4) is 0 Å². The fraction of sp³-hybridized carbons (Fsp3) is 0.625. The summed E-state index contributed by atoms with van der Waals surface area (Å²) in [6.45, 7) is 10.6. The summed E-state index contributed by atoms with van der Waals surface area (Å²) >= 11 is 0. The lowest BCUT2D eigenvalue weighted by atomic mass is 9.70. The van der Waals surface area contributed by atoms with Crippen LogP contribution in [-0.2, 0) is 15.7 Å². The van der Waals surface area contributed by atoms with E-state index in [-0.39, 0.29) is 18.3 Å². The van der Waals surface area contributed by atoms with Gasteiger partial charge in [0.25, 0.3) is 0 Å². The zero-order valence-electron chi connectivity index (χ0n) is 12.8. The van der Waals surface area contributed by atoms with Crippen LogP contribution in [0, 0.1) is 0 Å². The molecule has 19 heavy (non-hydrogen) atoms. The molecule has 2 rings (SSSR count). The Balaban J connectivity index is 1.90. The number of rotatable bonds is 4. The monoisotopic (exact) mass is 260 g/mol. The first-order valence-corrected chi connectivity index (χ1v) is 7.21. The predicted octanol–water partition coefficient (Wildman–Crippen LogP) is 4.10. The van der Waals surface area contributed by atoms with E-state index in [0.717, 1.165) is 12.8 Å². The maximum Gasteiger partial charge on any atom is 0.460 e. The molecule has 0 unspecified atom stereocenters. The average Bonchev–Trinajstić information content (AvgIpc) is 2.57. The van der Waals surface area contributed by atoms with Gasteiger partial charge in [0.1, 0.15) is 0 Å². The van der Waals surface area contributed by atoms with Gasteiger partial charge in [-0.05, 0) is 51.9 Å². The van der Waals surface area contributed by atoms with Crippen LogP contribution in [0.1, 0.15) is 46.6 Å². The van der Waals surface area contributed by atoms with Gasteiger partial charge in [-0.2, -0.15) is 0 Å². The lowest BCUT2D eigenvalue weighted by molar-refractivity contribution is 0.00578. The zero-order valence-corrected chi connectivity index (χ0v) is 12.8. The lowest BCUT2D eigenvalue weighted by Gasteiger charge is -2.32. The number of benzene rings is 1. The van der Waals surface area contributed by atoms with Gasteiger partial charge in [0.15, 0.2) is 0 Å². The van der Waals surface area contributed by atoms with Gasteiger partial charge in [-0.1, -0.05) is 37.3 Å². The molecule has 1 aliphatic rings. The summed E-state index contributed by atoms with van der Waals surface area (Å²) in [7, 11) is -0.0892. The van der Waals surface area contributed by atoms with Crippen LogP contribution < -0.4 is 0 Å². The van der Waals surface area contributed by atoms with E-state index < -0.39 is 0 Å². The molecule has 1 saturated heterocycles. The van der Waals surface area contributed by atoms with Crippen LogP contribution in [0.2, 0.25) is 5.82 Å². The molecule has 0 N–H and O–H groups in total. The number of hydrogen-bond donors (Lipinski definition) is 0. The van der Waals surface area contributed by atoms with Crippen molar-refractivity contribution in [3.05, 3.63) is 35.9 Å². The number of aryl methyl sites for hydroxylation is 1. The molecular formula is C16H25BO2. The van der Waals surface area contributed by atoms with Crippen molar-refractivity contribution >= 4 is 7.12 Å². The van der Waals surface area contributed by atoms with Gasteiger partial charge in [-0.3, -0.25) is 0 Å². The summed E-state index contributed by atoms with van der Waals surface area (Å²) in [5.74, 6) is 0.404. The minimum Gasteiger partial charge on any atom is -0.403 e. The Bertz CT molecular complexity index is 398. The standard InChI is InChI=1S/C16H25BO2/c1-13(11-12-14-9-7-6-8-10-14)17-18-15(2,3)16(4,5)19-17/h6-10,13H,11-12H2,1-5H3/t13-/m1/s1. The molecule has 1 aromatic carbocycles. The molecular weight excluding hydrogens is 235 g/mol. The van der Waals surface area contributed by atoms with E-state index in [2.05, 4.69) is 65.0 Å². The maximum absolute atomic E-state index is 6.09. The third kappa shape index (κ3) is 3.21. The lowest BCUT2D eigenvalue weighted by Crippen LogP contribution is -2.41. The van der Waals surface area contributed by atoms with Crippen molar-refractivity contribution in [2.24, 2.45) is 0 Å². The fourth-order valence-corrected chi connectivity index (χ4v) is 2.30. The van der Waals surface area contributed by atoms with Crippen LogP contribution in [0.15, 0.2) is 30.3 Å².